The molecule has 2 heterocycles. The molecule has 0 amide bonds. The molecule has 2 aromatic heterocycles. The predicted octanol–water partition coefficient (Wildman–Crippen LogP) is 7.74. The van der Waals surface area contributed by atoms with Gasteiger partial charge in [-0.3, -0.25) is 0 Å². The Hall–Kier alpha value is 0.673. The van der Waals surface area contributed by atoms with E-state index < -0.39 is 0 Å². The molecule has 0 aromatic carbocycles. The summed E-state index contributed by atoms with van der Waals surface area (Å²) in [6.07, 6.45) is 2.48. The van der Waals surface area contributed by atoms with Gasteiger partial charge in [-0.05, 0) is 0 Å². The summed E-state index contributed by atoms with van der Waals surface area (Å²) in [6.45, 7) is 24.2. The third-order valence-electron chi connectivity index (χ3n) is 7.41. The number of rotatable bonds is 9. The Morgan fingerprint density at radius 3 is 1.90 bits per heavy atom. The molecule has 0 radical (unpaired) electrons. The van der Waals surface area contributed by atoms with Crippen LogP contribution in [0.1, 0.15) is 102 Å². The number of hydrogen-bond acceptors (Lipinski definition) is 2. The van der Waals surface area contributed by atoms with Gasteiger partial charge in [0.25, 0.3) is 0 Å². The van der Waals surface area contributed by atoms with E-state index in [2.05, 4.69) is 104 Å². The molecule has 0 saturated heterocycles. The van der Waals surface area contributed by atoms with Gasteiger partial charge < -0.3 is 0 Å². The fourth-order valence-electron chi connectivity index (χ4n) is 3.65. The molecule has 0 nitrogen and oxygen atoms in total. The molecule has 0 fully saturated rings. The average Bonchev–Trinajstić information content (AvgIpc) is 3.18. The van der Waals surface area contributed by atoms with Crippen LogP contribution in [0.4, 0.5) is 0 Å². The van der Waals surface area contributed by atoms with Crippen LogP contribution < -0.4 is 0 Å². The molecule has 2 unspecified atom stereocenters. The van der Waals surface area contributed by atoms with Crippen molar-refractivity contribution in [3.8, 4) is 9.75 Å². The van der Waals surface area contributed by atoms with Crippen LogP contribution >= 0.6 is 22.7 Å². The summed E-state index contributed by atoms with van der Waals surface area (Å²) >= 11 is 5.86. The summed E-state index contributed by atoms with van der Waals surface area (Å²) in [5.74, 6) is 1.99. The molecule has 0 aliphatic heterocycles. The summed E-state index contributed by atoms with van der Waals surface area (Å²) in [6, 6.07) is 5.13. The van der Waals surface area contributed by atoms with Crippen LogP contribution in [-0.2, 0) is 12.8 Å². The summed E-state index contributed by atoms with van der Waals surface area (Å²) < 4.78 is 1.38. The maximum atomic E-state index is 2.59. The summed E-state index contributed by atoms with van der Waals surface area (Å²) in [5, 5.41) is 0. The zero-order chi connectivity index (χ0) is 23.0. The first kappa shape index (κ1) is 26.9. The van der Waals surface area contributed by atoms with Crippen molar-refractivity contribution in [2.45, 2.75) is 102 Å². The van der Waals surface area contributed by atoms with Crippen molar-refractivity contribution >= 4 is 59.9 Å². The molecule has 0 bridgehead atoms. The molecule has 2 atom stereocenters. The molecule has 0 aliphatic rings. The van der Waals surface area contributed by atoms with Crippen LogP contribution in [0.5, 0.6) is 0 Å². The monoisotopic (exact) mass is 558 g/mol. The normalized spacial score (nSPS) is 15.9. The van der Waals surface area contributed by atoms with Crippen LogP contribution in [0.15, 0.2) is 12.1 Å². The fraction of sp³-hybridized carbons (Fsp3) is 0.692. The van der Waals surface area contributed by atoms with E-state index in [9.17, 15) is 0 Å². The van der Waals surface area contributed by atoms with Gasteiger partial charge in [0.2, 0.25) is 0 Å². The van der Waals surface area contributed by atoms with Crippen molar-refractivity contribution in [3.63, 3.8) is 0 Å². The second-order valence-electron chi connectivity index (χ2n) is 12.0. The Morgan fingerprint density at radius 1 is 0.833 bits per heavy atom. The molecular weight excluding hydrogens is 516 g/mol. The molecule has 0 N–H and O–H groups in total. The van der Waals surface area contributed by atoms with Crippen LogP contribution in [0, 0.1) is 11.3 Å². The Labute approximate surface area is 214 Å². The Balaban J connectivity index is 2.56. The van der Waals surface area contributed by atoms with E-state index in [4.69, 9.17) is 0 Å². The van der Waals surface area contributed by atoms with Crippen molar-refractivity contribution in [2.24, 2.45) is 11.3 Å². The second-order valence-corrected chi connectivity index (χ2v) is 22.5. The minimum atomic E-state index is 0.401. The van der Waals surface area contributed by atoms with Crippen LogP contribution in [0.2, 0.25) is 8.44 Å². The van der Waals surface area contributed by atoms with E-state index in [-0.39, 0.29) is 0 Å². The molecule has 4 heteroatoms. The van der Waals surface area contributed by atoms with Crippen LogP contribution in [-0.4, -0.2) is 37.2 Å². The first-order valence-electron chi connectivity index (χ1n) is 11.9. The second kappa shape index (κ2) is 10.3. The first-order valence-corrected chi connectivity index (χ1v) is 18.1. The van der Waals surface area contributed by atoms with Gasteiger partial charge in [-0.25, -0.2) is 0 Å². The molecule has 0 spiro atoms. The summed E-state index contributed by atoms with van der Waals surface area (Å²) in [5.41, 5.74) is 3.64. The van der Waals surface area contributed by atoms with E-state index in [1.54, 1.807) is 25.8 Å². The summed E-state index contributed by atoms with van der Waals surface area (Å²) in [7, 11) is 0. The molecule has 0 aliphatic carbocycles. The van der Waals surface area contributed by atoms with Gasteiger partial charge in [0, 0.05) is 0 Å². The molecule has 30 heavy (non-hydrogen) atoms. The van der Waals surface area contributed by atoms with Crippen LogP contribution in [0.25, 0.3) is 9.75 Å². The molecule has 2 rings (SSSR count). The molecule has 2 aromatic rings. The summed E-state index contributed by atoms with van der Waals surface area (Å²) in [4.78, 5) is 6.29. The average molecular weight is 560 g/mol. The van der Waals surface area contributed by atoms with Crippen molar-refractivity contribution in [3.05, 3.63) is 33.0 Å². The van der Waals surface area contributed by atoms with E-state index in [0.29, 0.717) is 21.2 Å². The van der Waals surface area contributed by atoms with Gasteiger partial charge in [-0.1, -0.05) is 0 Å². The Bertz CT molecular complexity index is 835. The van der Waals surface area contributed by atoms with Gasteiger partial charge in [0.05, 0.1) is 0 Å². The fourth-order valence-corrected chi connectivity index (χ4v) is 7.38. The van der Waals surface area contributed by atoms with Crippen molar-refractivity contribution in [1.29, 1.82) is 0 Å². The van der Waals surface area contributed by atoms with Gasteiger partial charge in [-0.2, -0.15) is 0 Å². The zero-order valence-corrected chi connectivity index (χ0v) is 31.7. The Kier molecular flexibility index (Phi) is 9.24. The van der Waals surface area contributed by atoms with Gasteiger partial charge in [0.1, 0.15) is 0 Å². The maximum absolute atomic E-state index is 2.59. The first-order chi connectivity index (χ1) is 13.7. The van der Waals surface area contributed by atoms with Crippen molar-refractivity contribution < 1.29 is 0 Å². The minimum absolute atomic E-state index is 0.401. The number of thiophene rings is 2. The van der Waals surface area contributed by atoms with Gasteiger partial charge >= 0.3 is 216 Å². The standard InChI is InChI=1S/C26H40S2.2Ga.4H/c1-11-26(9,10)15-21-14-22(17(4)5)27-25(21)23-13-20(12-19(8)16(2)3)24(28-23)18(6)7;;;;;;/h11,13-14,16-18H,12,15H2,1-10H3;;;;;;. The van der Waals surface area contributed by atoms with Crippen molar-refractivity contribution in [1.82, 2.24) is 0 Å². The zero-order valence-electron chi connectivity index (χ0n) is 21.7. The Morgan fingerprint density at radius 2 is 1.43 bits per heavy atom. The topological polar surface area (TPSA) is 0 Å². The quantitative estimate of drug-likeness (QED) is 0.276. The molecular formula is C26H44Ga2S2. The van der Waals surface area contributed by atoms with E-state index in [1.165, 1.54) is 17.7 Å². The molecule has 166 valence electrons. The van der Waals surface area contributed by atoms with E-state index >= 15 is 0 Å². The molecule has 0 saturated carbocycles. The number of hydrogen-bond donors (Lipinski definition) is 0. The van der Waals surface area contributed by atoms with Crippen LogP contribution in [0.3, 0.4) is 0 Å². The van der Waals surface area contributed by atoms with Crippen molar-refractivity contribution in [2.75, 3.05) is 0 Å². The SMILES string of the molecule is CC(C)c1cc(CC(C)(C)[CH](C)[GaH2])c(-c2cc(C[C](C)([GaH2])C(C)C)c(C(C)C)s2)s1. The third kappa shape index (κ3) is 6.38. The van der Waals surface area contributed by atoms with Gasteiger partial charge in [-0.15, -0.1) is 0 Å². The van der Waals surface area contributed by atoms with E-state index in [1.807, 2.05) is 0 Å². The van der Waals surface area contributed by atoms with Gasteiger partial charge in [0.15, 0.2) is 0 Å². The predicted molar refractivity (Wildman–Crippen MR) is 147 cm³/mol. The third-order valence-corrected chi connectivity index (χ3v) is 17.0. The van der Waals surface area contributed by atoms with E-state index in [0.717, 1.165) is 47.6 Å².